The summed E-state index contributed by atoms with van der Waals surface area (Å²) in [4.78, 5) is 0. The van der Waals surface area contributed by atoms with E-state index in [0.29, 0.717) is 0 Å². The lowest BCUT2D eigenvalue weighted by Gasteiger charge is -1.98. The van der Waals surface area contributed by atoms with Crippen LogP contribution in [0.25, 0.3) is 12.2 Å². The highest BCUT2D eigenvalue weighted by Gasteiger charge is 1.89. The zero-order valence-electron chi connectivity index (χ0n) is 12.9. The molecule has 0 aliphatic heterocycles. The first kappa shape index (κ1) is 15.6. The zero-order valence-corrected chi connectivity index (χ0v) is 12.9. The van der Waals surface area contributed by atoms with Crippen molar-refractivity contribution in [3.05, 3.63) is 84.0 Å². The smallest absolute Gasteiger partial charge is 0.118 e. The molecule has 0 aromatic heterocycles. The molecule has 0 unspecified atom stereocenters. The Morgan fingerprint density at radius 3 is 1.23 bits per heavy atom. The van der Waals surface area contributed by atoms with Gasteiger partial charge in [0.25, 0.3) is 0 Å². The highest BCUT2D eigenvalue weighted by atomic mass is 16.5. The second-order valence-corrected chi connectivity index (χ2v) is 4.65. The molecule has 0 N–H and O–H groups in total. The van der Waals surface area contributed by atoms with Crippen LogP contribution in [-0.2, 0) is 0 Å². The highest BCUT2D eigenvalue weighted by Crippen LogP contribution is 2.13. The van der Waals surface area contributed by atoms with Crippen LogP contribution in [0.5, 0.6) is 11.5 Å². The van der Waals surface area contributed by atoms with Gasteiger partial charge in [0.2, 0.25) is 0 Å². The maximum absolute atomic E-state index is 5.13. The van der Waals surface area contributed by atoms with E-state index in [1.54, 1.807) is 14.2 Å². The van der Waals surface area contributed by atoms with Crippen LogP contribution in [0.2, 0.25) is 0 Å². The van der Waals surface area contributed by atoms with Gasteiger partial charge in [-0.15, -0.1) is 0 Å². The van der Waals surface area contributed by atoms with Crippen molar-refractivity contribution < 1.29 is 9.47 Å². The third kappa shape index (κ3) is 4.98. The quantitative estimate of drug-likeness (QED) is 0.699. The summed E-state index contributed by atoms with van der Waals surface area (Å²) >= 11 is 0. The van der Waals surface area contributed by atoms with E-state index in [2.05, 4.69) is 12.2 Å². The summed E-state index contributed by atoms with van der Waals surface area (Å²) in [6, 6.07) is 15.9. The van der Waals surface area contributed by atoms with E-state index in [1.807, 2.05) is 72.8 Å². The van der Waals surface area contributed by atoms with Crippen LogP contribution in [-0.4, -0.2) is 14.2 Å². The average Bonchev–Trinajstić information content (AvgIpc) is 2.59. The van der Waals surface area contributed by atoms with Crippen molar-refractivity contribution in [3.8, 4) is 11.5 Å². The van der Waals surface area contributed by atoms with Gasteiger partial charge in [0.05, 0.1) is 14.2 Å². The molecule has 112 valence electrons. The van der Waals surface area contributed by atoms with Gasteiger partial charge in [-0.3, -0.25) is 0 Å². The Kier molecular flexibility index (Phi) is 6.06. The second kappa shape index (κ2) is 8.53. The zero-order chi connectivity index (χ0) is 15.6. The minimum atomic E-state index is 0.870. The number of rotatable bonds is 6. The number of benzene rings is 2. The molecule has 0 spiro atoms. The molecule has 0 radical (unpaired) electrons. The van der Waals surface area contributed by atoms with Gasteiger partial charge in [0.1, 0.15) is 11.5 Å². The number of hydrogen-bond acceptors (Lipinski definition) is 2. The first-order valence-corrected chi connectivity index (χ1v) is 7.11. The van der Waals surface area contributed by atoms with Crippen LogP contribution in [0.4, 0.5) is 0 Å². The molecular weight excluding hydrogens is 272 g/mol. The number of hydrogen-bond donors (Lipinski definition) is 0. The molecule has 0 heterocycles. The molecule has 0 saturated heterocycles. The Morgan fingerprint density at radius 2 is 0.909 bits per heavy atom. The molecule has 2 nitrogen and oxygen atoms in total. The Bertz CT molecular complexity index is 588. The third-order valence-corrected chi connectivity index (χ3v) is 3.14. The van der Waals surface area contributed by atoms with Crippen LogP contribution in [0.15, 0.2) is 72.8 Å². The van der Waals surface area contributed by atoms with Crippen LogP contribution >= 0.6 is 0 Å². The van der Waals surface area contributed by atoms with Crippen LogP contribution < -0.4 is 9.47 Å². The minimum absolute atomic E-state index is 0.870. The summed E-state index contributed by atoms with van der Waals surface area (Å²) in [7, 11) is 3.34. The molecule has 2 aromatic rings. The normalized spacial score (nSPS) is 11.5. The van der Waals surface area contributed by atoms with Gasteiger partial charge in [-0.2, -0.15) is 0 Å². The molecule has 0 saturated carbocycles. The predicted octanol–water partition coefficient (Wildman–Crippen LogP) is 4.99. The van der Waals surface area contributed by atoms with E-state index in [0.717, 1.165) is 22.6 Å². The van der Waals surface area contributed by atoms with Crippen molar-refractivity contribution in [2.24, 2.45) is 0 Å². The maximum atomic E-state index is 5.13. The number of methoxy groups -OCH3 is 2. The van der Waals surface area contributed by atoms with Gasteiger partial charge in [-0.25, -0.2) is 0 Å². The van der Waals surface area contributed by atoms with E-state index >= 15 is 0 Å². The fourth-order valence-corrected chi connectivity index (χ4v) is 1.89. The Balaban J connectivity index is 1.85. The summed E-state index contributed by atoms with van der Waals surface area (Å²) < 4.78 is 10.3. The van der Waals surface area contributed by atoms with Crippen molar-refractivity contribution >= 4 is 12.2 Å². The summed E-state index contributed by atoms with van der Waals surface area (Å²) in [6.07, 6.45) is 12.1. The first-order valence-electron chi connectivity index (χ1n) is 7.11. The fraction of sp³-hybridized carbons (Fsp3) is 0.100. The molecule has 2 aromatic carbocycles. The van der Waals surface area contributed by atoms with E-state index in [9.17, 15) is 0 Å². The van der Waals surface area contributed by atoms with Gasteiger partial charge >= 0.3 is 0 Å². The lowest BCUT2D eigenvalue weighted by molar-refractivity contribution is 0.414. The third-order valence-electron chi connectivity index (χ3n) is 3.14. The van der Waals surface area contributed by atoms with E-state index < -0.39 is 0 Å². The number of ether oxygens (including phenoxy) is 2. The topological polar surface area (TPSA) is 18.5 Å². The average molecular weight is 292 g/mol. The van der Waals surface area contributed by atoms with Crippen molar-refractivity contribution in [1.82, 2.24) is 0 Å². The predicted molar refractivity (Wildman–Crippen MR) is 93.2 cm³/mol. The van der Waals surface area contributed by atoms with Gasteiger partial charge in [-0.1, -0.05) is 60.7 Å². The lowest BCUT2D eigenvalue weighted by atomic mass is 10.2. The Hall–Kier alpha value is -2.74. The van der Waals surface area contributed by atoms with Crippen molar-refractivity contribution in [2.75, 3.05) is 14.2 Å². The molecule has 0 bridgehead atoms. The van der Waals surface area contributed by atoms with E-state index in [4.69, 9.17) is 9.47 Å². The van der Waals surface area contributed by atoms with Gasteiger partial charge in [0.15, 0.2) is 0 Å². The molecule has 0 fully saturated rings. The highest BCUT2D eigenvalue weighted by molar-refractivity contribution is 5.54. The molecule has 22 heavy (non-hydrogen) atoms. The molecule has 0 aliphatic rings. The van der Waals surface area contributed by atoms with E-state index in [-0.39, 0.29) is 0 Å². The minimum Gasteiger partial charge on any atom is -0.497 e. The van der Waals surface area contributed by atoms with Gasteiger partial charge in [-0.05, 0) is 35.4 Å². The molecule has 0 atom stereocenters. The Labute approximate surface area is 132 Å². The second-order valence-electron chi connectivity index (χ2n) is 4.65. The molecule has 2 rings (SSSR count). The SMILES string of the molecule is COc1ccc(/C=C/C=C\C=C\c2ccc(OC)cc2)cc1. The van der Waals surface area contributed by atoms with Crippen molar-refractivity contribution in [1.29, 1.82) is 0 Å². The molecule has 2 heteroatoms. The van der Waals surface area contributed by atoms with Gasteiger partial charge < -0.3 is 9.47 Å². The summed E-state index contributed by atoms with van der Waals surface area (Å²) in [5.41, 5.74) is 2.29. The molecular formula is C20H20O2. The summed E-state index contributed by atoms with van der Waals surface area (Å²) in [5.74, 6) is 1.74. The molecule has 0 amide bonds. The van der Waals surface area contributed by atoms with Gasteiger partial charge in [0, 0.05) is 0 Å². The van der Waals surface area contributed by atoms with Crippen LogP contribution in [0.3, 0.4) is 0 Å². The molecule has 0 aliphatic carbocycles. The summed E-state index contributed by atoms with van der Waals surface area (Å²) in [5, 5.41) is 0. The standard InChI is InChI=1S/C20H20O2/c1-21-19-13-9-17(10-14-19)7-5-3-4-6-8-18-11-15-20(22-2)16-12-18/h3-16H,1-2H3/b4-3-,7-5+,8-6+. The van der Waals surface area contributed by atoms with Crippen LogP contribution in [0, 0.1) is 0 Å². The monoisotopic (exact) mass is 292 g/mol. The maximum Gasteiger partial charge on any atom is 0.118 e. The lowest BCUT2D eigenvalue weighted by Crippen LogP contribution is -1.81. The summed E-state index contributed by atoms with van der Waals surface area (Å²) in [6.45, 7) is 0. The largest absolute Gasteiger partial charge is 0.497 e. The van der Waals surface area contributed by atoms with E-state index in [1.165, 1.54) is 0 Å². The Morgan fingerprint density at radius 1 is 0.545 bits per heavy atom. The van der Waals surface area contributed by atoms with Crippen molar-refractivity contribution in [2.45, 2.75) is 0 Å². The number of allylic oxidation sites excluding steroid dienone is 4. The fourth-order valence-electron chi connectivity index (χ4n) is 1.89. The van der Waals surface area contributed by atoms with Crippen LogP contribution in [0.1, 0.15) is 11.1 Å². The van der Waals surface area contributed by atoms with Crippen molar-refractivity contribution in [3.63, 3.8) is 0 Å². The first-order chi connectivity index (χ1) is 10.8.